The van der Waals surface area contributed by atoms with E-state index in [0.29, 0.717) is 11.3 Å². The third kappa shape index (κ3) is 8.33. The Labute approximate surface area is 214 Å². The van der Waals surface area contributed by atoms with Gasteiger partial charge in [0.2, 0.25) is 21.8 Å². The molecule has 0 aromatic heterocycles. The third-order valence-corrected chi connectivity index (χ3v) is 7.11. The second-order valence-corrected chi connectivity index (χ2v) is 12.1. The minimum absolute atomic E-state index is 0.0468. The van der Waals surface area contributed by atoms with Gasteiger partial charge in [-0.3, -0.25) is 13.9 Å². The summed E-state index contributed by atoms with van der Waals surface area (Å²) in [4.78, 5) is 27.6. The van der Waals surface area contributed by atoms with E-state index in [0.717, 1.165) is 17.4 Å². The van der Waals surface area contributed by atoms with Gasteiger partial charge in [0.05, 0.1) is 11.9 Å². The Kier molecular flexibility index (Phi) is 9.65. The minimum Gasteiger partial charge on any atom is -0.350 e. The zero-order chi connectivity index (χ0) is 27.3. The SMILES string of the molecule is Cc1cccc(N(CCCC(=O)N(Cc2ccc(F)cc2)[C@@H](C)C(=O)NC(C)(C)C)S(C)(=O)=O)c1C. The van der Waals surface area contributed by atoms with E-state index < -0.39 is 21.6 Å². The molecule has 0 radical (unpaired) electrons. The van der Waals surface area contributed by atoms with Crippen molar-refractivity contribution < 1.29 is 22.4 Å². The molecule has 0 aliphatic rings. The highest BCUT2D eigenvalue weighted by molar-refractivity contribution is 7.92. The van der Waals surface area contributed by atoms with Crippen molar-refractivity contribution in [3.05, 3.63) is 65.0 Å². The van der Waals surface area contributed by atoms with Crippen LogP contribution in [0.4, 0.5) is 10.1 Å². The van der Waals surface area contributed by atoms with Gasteiger partial charge in [-0.25, -0.2) is 12.8 Å². The van der Waals surface area contributed by atoms with Gasteiger partial charge >= 0.3 is 0 Å². The van der Waals surface area contributed by atoms with Gasteiger partial charge in [0, 0.05) is 25.0 Å². The molecular formula is C27H38FN3O4S. The topological polar surface area (TPSA) is 86.8 Å². The summed E-state index contributed by atoms with van der Waals surface area (Å²) >= 11 is 0. The van der Waals surface area contributed by atoms with E-state index >= 15 is 0 Å². The molecule has 2 amide bonds. The zero-order valence-electron chi connectivity index (χ0n) is 22.3. The van der Waals surface area contributed by atoms with Crippen LogP contribution in [0.3, 0.4) is 0 Å². The molecule has 1 N–H and O–H groups in total. The van der Waals surface area contributed by atoms with Gasteiger partial charge in [-0.15, -0.1) is 0 Å². The lowest BCUT2D eigenvalue weighted by Gasteiger charge is -2.32. The standard InChI is InChI=1S/C27H38FN3O4S/c1-19-10-8-11-24(20(19)2)31(36(7,34)35)17-9-12-25(32)30(18-22-13-15-23(28)16-14-22)21(3)26(33)29-27(4,5)6/h8,10-11,13-16,21H,9,12,17-18H2,1-7H3,(H,29,33)/t21-/m0/s1. The molecule has 0 unspecified atom stereocenters. The number of carbonyl (C=O) groups excluding carboxylic acids is 2. The summed E-state index contributed by atoms with van der Waals surface area (Å²) < 4.78 is 39.8. The highest BCUT2D eigenvalue weighted by Gasteiger charge is 2.29. The number of hydrogen-bond donors (Lipinski definition) is 1. The summed E-state index contributed by atoms with van der Waals surface area (Å²) in [7, 11) is -3.57. The Morgan fingerprint density at radius 3 is 2.22 bits per heavy atom. The van der Waals surface area contributed by atoms with E-state index in [1.165, 1.54) is 21.3 Å². The van der Waals surface area contributed by atoms with Crippen LogP contribution in [0.25, 0.3) is 0 Å². The zero-order valence-corrected chi connectivity index (χ0v) is 23.1. The van der Waals surface area contributed by atoms with Crippen molar-refractivity contribution >= 4 is 27.5 Å². The summed E-state index contributed by atoms with van der Waals surface area (Å²) in [6.07, 6.45) is 1.47. The van der Waals surface area contributed by atoms with Crippen LogP contribution >= 0.6 is 0 Å². The van der Waals surface area contributed by atoms with Crippen LogP contribution in [0.2, 0.25) is 0 Å². The number of sulfonamides is 1. The van der Waals surface area contributed by atoms with Gasteiger partial charge in [-0.05, 0) is 82.9 Å². The molecule has 0 fully saturated rings. The summed E-state index contributed by atoms with van der Waals surface area (Å²) in [6.45, 7) is 11.3. The van der Waals surface area contributed by atoms with Crippen molar-refractivity contribution in [1.29, 1.82) is 0 Å². The molecule has 0 bridgehead atoms. The second kappa shape index (κ2) is 11.9. The van der Waals surface area contributed by atoms with Gasteiger partial charge in [-0.2, -0.15) is 0 Å². The van der Waals surface area contributed by atoms with Crippen molar-refractivity contribution in [1.82, 2.24) is 10.2 Å². The molecule has 0 aliphatic heterocycles. The lowest BCUT2D eigenvalue weighted by molar-refractivity contribution is -0.141. The first kappa shape index (κ1) is 29.3. The van der Waals surface area contributed by atoms with Crippen molar-refractivity contribution in [2.45, 2.75) is 72.5 Å². The van der Waals surface area contributed by atoms with E-state index in [4.69, 9.17) is 0 Å². The summed E-state index contributed by atoms with van der Waals surface area (Å²) in [5, 5.41) is 2.90. The molecule has 1 atom stereocenters. The van der Waals surface area contributed by atoms with Crippen LogP contribution in [-0.2, 0) is 26.2 Å². The first-order valence-electron chi connectivity index (χ1n) is 12.0. The normalized spacial score (nSPS) is 12.7. The molecule has 198 valence electrons. The summed E-state index contributed by atoms with van der Waals surface area (Å²) in [5.74, 6) is -0.973. The predicted molar refractivity (Wildman–Crippen MR) is 142 cm³/mol. The number of nitrogens with zero attached hydrogens (tertiary/aromatic N) is 2. The molecule has 7 nitrogen and oxygen atoms in total. The van der Waals surface area contributed by atoms with Crippen LogP contribution in [0.5, 0.6) is 0 Å². The smallest absolute Gasteiger partial charge is 0.242 e. The number of halogens is 1. The Morgan fingerprint density at radius 2 is 1.67 bits per heavy atom. The average Bonchev–Trinajstić information content (AvgIpc) is 2.76. The lowest BCUT2D eigenvalue weighted by Crippen LogP contribution is -2.52. The number of rotatable bonds is 10. The minimum atomic E-state index is -3.57. The van der Waals surface area contributed by atoms with E-state index in [1.54, 1.807) is 31.2 Å². The second-order valence-electron chi connectivity index (χ2n) is 10.2. The molecule has 2 aromatic carbocycles. The fourth-order valence-corrected chi connectivity index (χ4v) is 4.85. The molecule has 0 aliphatic carbocycles. The van der Waals surface area contributed by atoms with E-state index in [2.05, 4.69) is 5.32 Å². The largest absolute Gasteiger partial charge is 0.350 e. The van der Waals surface area contributed by atoms with Gasteiger partial charge in [-0.1, -0.05) is 24.3 Å². The highest BCUT2D eigenvalue weighted by atomic mass is 32.2. The number of aryl methyl sites for hydroxylation is 1. The van der Waals surface area contributed by atoms with Gasteiger partial charge in [0.1, 0.15) is 11.9 Å². The van der Waals surface area contributed by atoms with Crippen molar-refractivity contribution in [3.63, 3.8) is 0 Å². The molecule has 0 saturated heterocycles. The molecule has 0 heterocycles. The number of benzene rings is 2. The monoisotopic (exact) mass is 519 g/mol. The maximum absolute atomic E-state index is 13.4. The summed E-state index contributed by atoms with van der Waals surface area (Å²) in [5.41, 5.74) is 2.64. The van der Waals surface area contributed by atoms with E-state index in [-0.39, 0.29) is 43.6 Å². The first-order chi connectivity index (χ1) is 16.6. The maximum atomic E-state index is 13.4. The van der Waals surface area contributed by atoms with E-state index in [1.807, 2.05) is 40.7 Å². The van der Waals surface area contributed by atoms with Crippen LogP contribution < -0.4 is 9.62 Å². The molecule has 9 heteroatoms. The summed E-state index contributed by atoms with van der Waals surface area (Å²) in [6, 6.07) is 10.5. The highest BCUT2D eigenvalue weighted by Crippen LogP contribution is 2.25. The van der Waals surface area contributed by atoms with Crippen molar-refractivity contribution in [2.24, 2.45) is 0 Å². The lowest BCUT2D eigenvalue weighted by atomic mass is 10.1. The Hall–Kier alpha value is -2.94. The molecule has 0 spiro atoms. The van der Waals surface area contributed by atoms with Crippen LogP contribution in [0.15, 0.2) is 42.5 Å². The van der Waals surface area contributed by atoms with Gasteiger partial charge in [0.15, 0.2) is 0 Å². The Bertz CT molecular complexity index is 1170. The molecule has 2 rings (SSSR count). The number of amides is 2. The van der Waals surface area contributed by atoms with E-state index in [9.17, 15) is 22.4 Å². The predicted octanol–water partition coefficient (Wildman–Crippen LogP) is 4.32. The van der Waals surface area contributed by atoms with Gasteiger partial charge in [0.25, 0.3) is 0 Å². The number of nitrogens with one attached hydrogen (secondary N) is 1. The number of hydrogen-bond acceptors (Lipinski definition) is 4. The van der Waals surface area contributed by atoms with Crippen LogP contribution in [0.1, 0.15) is 57.2 Å². The number of anilines is 1. The molecule has 36 heavy (non-hydrogen) atoms. The van der Waals surface area contributed by atoms with Crippen LogP contribution in [-0.4, -0.2) is 49.5 Å². The number of carbonyl (C=O) groups is 2. The third-order valence-electron chi connectivity index (χ3n) is 5.93. The fourth-order valence-electron chi connectivity index (χ4n) is 3.83. The van der Waals surface area contributed by atoms with Crippen LogP contribution in [0, 0.1) is 19.7 Å². The molecule has 2 aromatic rings. The first-order valence-corrected chi connectivity index (χ1v) is 13.8. The van der Waals surface area contributed by atoms with Crippen molar-refractivity contribution in [2.75, 3.05) is 17.1 Å². The average molecular weight is 520 g/mol. The molecular weight excluding hydrogens is 481 g/mol. The quantitative estimate of drug-likeness (QED) is 0.507. The Morgan fingerprint density at radius 1 is 1.06 bits per heavy atom. The Balaban J connectivity index is 2.22. The molecule has 0 saturated carbocycles. The van der Waals surface area contributed by atoms with Gasteiger partial charge < -0.3 is 10.2 Å². The maximum Gasteiger partial charge on any atom is 0.242 e. The van der Waals surface area contributed by atoms with Crippen molar-refractivity contribution in [3.8, 4) is 0 Å². The fraction of sp³-hybridized carbons (Fsp3) is 0.481.